The highest BCUT2D eigenvalue weighted by atomic mass is 16.5. The van der Waals surface area contributed by atoms with Crippen molar-refractivity contribution < 1.29 is 14.3 Å². The van der Waals surface area contributed by atoms with Crippen LogP contribution in [0.25, 0.3) is 0 Å². The van der Waals surface area contributed by atoms with Gasteiger partial charge in [-0.15, -0.1) is 0 Å². The zero-order valence-corrected chi connectivity index (χ0v) is 14.8. The number of carbonyl (C=O) groups excluding carboxylic acids is 2. The van der Waals surface area contributed by atoms with Crippen LogP contribution in [0, 0.1) is 6.92 Å². The minimum absolute atomic E-state index is 0.145. The number of Topliss-reactive ketones (excluding diaryl/α,β-unsaturated/α-hetero) is 1. The number of anilines is 1. The zero-order chi connectivity index (χ0) is 17.4. The summed E-state index contributed by atoms with van der Waals surface area (Å²) < 4.78 is 5.05. The van der Waals surface area contributed by atoms with E-state index in [-0.39, 0.29) is 11.8 Å². The van der Waals surface area contributed by atoms with Gasteiger partial charge in [-0.05, 0) is 56.5 Å². The van der Waals surface area contributed by atoms with Crippen LogP contribution in [0.1, 0.15) is 56.5 Å². The Balaban J connectivity index is 2.85. The van der Waals surface area contributed by atoms with Gasteiger partial charge in [0, 0.05) is 29.8 Å². The number of ether oxygens (including phenoxy) is 1. The smallest absolute Gasteiger partial charge is 0.333 e. The van der Waals surface area contributed by atoms with Gasteiger partial charge < -0.3 is 10.1 Å². The predicted molar refractivity (Wildman–Crippen MR) is 93.9 cm³/mol. The molecule has 126 valence electrons. The Morgan fingerprint density at radius 1 is 1.13 bits per heavy atom. The number of benzene rings is 1. The van der Waals surface area contributed by atoms with Gasteiger partial charge in [0.15, 0.2) is 5.78 Å². The van der Waals surface area contributed by atoms with Gasteiger partial charge >= 0.3 is 5.97 Å². The van der Waals surface area contributed by atoms with Gasteiger partial charge in [-0.25, -0.2) is 4.79 Å². The summed E-state index contributed by atoms with van der Waals surface area (Å²) in [7, 11) is 0. The number of carbonyl (C=O) groups is 2. The van der Waals surface area contributed by atoms with Crippen molar-refractivity contribution in [1.82, 2.24) is 0 Å². The second kappa shape index (κ2) is 9.13. The van der Waals surface area contributed by atoms with Crippen molar-refractivity contribution in [1.29, 1.82) is 0 Å². The van der Waals surface area contributed by atoms with E-state index < -0.39 is 0 Å². The molecule has 0 bridgehead atoms. The molecule has 0 aliphatic rings. The molecule has 1 rings (SSSR count). The summed E-state index contributed by atoms with van der Waals surface area (Å²) in [6.45, 7) is 10.4. The first-order valence-corrected chi connectivity index (χ1v) is 8.17. The number of nitrogens with one attached hydrogen (secondary N) is 1. The lowest BCUT2D eigenvalue weighted by molar-refractivity contribution is -0.138. The topological polar surface area (TPSA) is 55.4 Å². The summed E-state index contributed by atoms with van der Waals surface area (Å²) in [5.74, 6) is -0.112. The van der Waals surface area contributed by atoms with Crippen molar-refractivity contribution in [3.05, 3.63) is 40.5 Å². The van der Waals surface area contributed by atoms with Crippen LogP contribution in [-0.2, 0) is 9.53 Å². The number of hydrogen-bond acceptors (Lipinski definition) is 4. The minimum atomic E-state index is -0.258. The second-order valence-corrected chi connectivity index (χ2v) is 5.46. The highest BCUT2D eigenvalue weighted by molar-refractivity contribution is 5.96. The molecule has 4 heteroatoms. The van der Waals surface area contributed by atoms with E-state index in [1.165, 1.54) is 0 Å². The number of esters is 1. The van der Waals surface area contributed by atoms with Gasteiger partial charge in [0.1, 0.15) is 0 Å². The Morgan fingerprint density at radius 2 is 1.83 bits per heavy atom. The molecule has 0 spiro atoms. The molecule has 23 heavy (non-hydrogen) atoms. The molecular weight excluding hydrogens is 290 g/mol. The minimum Gasteiger partial charge on any atom is -0.463 e. The number of aryl methyl sites for hydroxylation is 1. The molecule has 0 heterocycles. The predicted octanol–water partition coefficient (Wildman–Crippen LogP) is 4.29. The summed E-state index contributed by atoms with van der Waals surface area (Å²) >= 11 is 0. The third-order valence-corrected chi connectivity index (χ3v) is 3.90. The van der Waals surface area contributed by atoms with Gasteiger partial charge in [-0.1, -0.05) is 13.8 Å². The Bertz CT molecular complexity index is 603. The fourth-order valence-electron chi connectivity index (χ4n) is 2.35. The van der Waals surface area contributed by atoms with Crippen LogP contribution in [-0.4, -0.2) is 24.9 Å². The van der Waals surface area contributed by atoms with Crippen molar-refractivity contribution in [2.24, 2.45) is 0 Å². The fourth-order valence-corrected chi connectivity index (χ4v) is 2.35. The Hall–Kier alpha value is -2.10. The number of hydrogen-bond donors (Lipinski definition) is 1. The zero-order valence-electron chi connectivity index (χ0n) is 14.8. The van der Waals surface area contributed by atoms with Crippen molar-refractivity contribution in [3.8, 4) is 0 Å². The monoisotopic (exact) mass is 317 g/mol. The number of ketones is 1. The van der Waals surface area contributed by atoms with Crippen LogP contribution in [0.4, 0.5) is 5.69 Å². The third-order valence-electron chi connectivity index (χ3n) is 3.90. The Kier molecular flexibility index (Phi) is 7.52. The summed E-state index contributed by atoms with van der Waals surface area (Å²) in [4.78, 5) is 23.6. The maximum Gasteiger partial charge on any atom is 0.333 e. The average Bonchev–Trinajstić information content (AvgIpc) is 2.55. The molecule has 0 saturated heterocycles. The largest absolute Gasteiger partial charge is 0.463 e. The van der Waals surface area contributed by atoms with Crippen LogP contribution in [0.3, 0.4) is 0 Å². The highest BCUT2D eigenvalue weighted by Crippen LogP contribution is 2.19. The van der Waals surface area contributed by atoms with Crippen LogP contribution in [0.5, 0.6) is 0 Å². The van der Waals surface area contributed by atoms with E-state index in [1.807, 2.05) is 39.0 Å². The van der Waals surface area contributed by atoms with Crippen LogP contribution < -0.4 is 5.32 Å². The van der Waals surface area contributed by atoms with E-state index in [2.05, 4.69) is 5.32 Å². The lowest BCUT2D eigenvalue weighted by Crippen LogP contribution is -2.13. The maximum atomic E-state index is 11.8. The average molecular weight is 317 g/mol. The van der Waals surface area contributed by atoms with Gasteiger partial charge in [0.2, 0.25) is 0 Å². The summed E-state index contributed by atoms with van der Waals surface area (Å²) in [5.41, 5.74) is 4.42. The molecule has 0 saturated carbocycles. The Labute approximate surface area is 138 Å². The van der Waals surface area contributed by atoms with E-state index in [0.717, 1.165) is 28.8 Å². The van der Waals surface area contributed by atoms with E-state index in [9.17, 15) is 9.59 Å². The molecule has 4 nitrogen and oxygen atoms in total. The van der Waals surface area contributed by atoms with Crippen molar-refractivity contribution in [2.75, 3.05) is 18.5 Å². The van der Waals surface area contributed by atoms with E-state index in [4.69, 9.17) is 4.74 Å². The van der Waals surface area contributed by atoms with Crippen LogP contribution in [0.15, 0.2) is 29.3 Å². The van der Waals surface area contributed by atoms with Gasteiger partial charge in [0.25, 0.3) is 0 Å². The standard InChI is InChI=1S/C19H27NO3/c1-6-15(14(5)19(22)23-8-3)12-20-17-10-9-16(11-13(17)4)18(21)7-2/h9-11,20H,6-8,12H2,1-5H3. The first-order valence-electron chi connectivity index (χ1n) is 8.17. The summed E-state index contributed by atoms with van der Waals surface area (Å²) in [5, 5.41) is 3.35. The first kappa shape index (κ1) is 18.9. The normalized spacial score (nSPS) is 11.7. The first-order chi connectivity index (χ1) is 10.9. The molecular formula is C19H27NO3. The number of rotatable bonds is 8. The molecule has 0 aromatic heterocycles. The molecule has 0 fully saturated rings. The van der Waals surface area contributed by atoms with Crippen LogP contribution >= 0.6 is 0 Å². The third kappa shape index (κ3) is 5.23. The highest BCUT2D eigenvalue weighted by Gasteiger charge is 2.11. The van der Waals surface area contributed by atoms with Crippen molar-refractivity contribution in [3.63, 3.8) is 0 Å². The summed E-state index contributed by atoms with van der Waals surface area (Å²) in [6.07, 6.45) is 1.29. The molecule has 0 radical (unpaired) electrons. The van der Waals surface area contributed by atoms with E-state index >= 15 is 0 Å². The van der Waals surface area contributed by atoms with E-state index in [0.29, 0.717) is 25.1 Å². The fraction of sp³-hybridized carbons (Fsp3) is 0.474. The maximum absolute atomic E-state index is 11.8. The van der Waals surface area contributed by atoms with Gasteiger partial charge in [-0.2, -0.15) is 0 Å². The van der Waals surface area contributed by atoms with Crippen molar-refractivity contribution >= 4 is 17.4 Å². The molecule has 1 aromatic carbocycles. The second-order valence-electron chi connectivity index (χ2n) is 5.46. The molecule has 1 aromatic rings. The molecule has 0 unspecified atom stereocenters. The lowest BCUT2D eigenvalue weighted by atomic mass is 10.0. The molecule has 0 aliphatic carbocycles. The SMILES string of the molecule is CCOC(=O)C(C)=C(CC)CNc1ccc(C(=O)CC)cc1C. The lowest BCUT2D eigenvalue weighted by Gasteiger charge is -2.14. The molecule has 1 N–H and O–H groups in total. The van der Waals surface area contributed by atoms with Crippen LogP contribution in [0.2, 0.25) is 0 Å². The molecule has 0 amide bonds. The molecule has 0 atom stereocenters. The van der Waals surface area contributed by atoms with Crippen molar-refractivity contribution in [2.45, 2.75) is 47.5 Å². The Morgan fingerprint density at radius 3 is 2.35 bits per heavy atom. The quantitative estimate of drug-likeness (QED) is 0.441. The van der Waals surface area contributed by atoms with Gasteiger partial charge in [0.05, 0.1) is 6.61 Å². The van der Waals surface area contributed by atoms with Gasteiger partial charge in [-0.3, -0.25) is 4.79 Å². The molecule has 0 aliphatic heterocycles. The van der Waals surface area contributed by atoms with E-state index in [1.54, 1.807) is 13.8 Å². The summed E-state index contributed by atoms with van der Waals surface area (Å²) in [6, 6.07) is 5.67.